The van der Waals surface area contributed by atoms with Crippen molar-refractivity contribution < 1.29 is 4.79 Å². The molecule has 6 nitrogen and oxygen atoms in total. The molecule has 1 aromatic heterocycles. The minimum atomic E-state index is 0.0783. The summed E-state index contributed by atoms with van der Waals surface area (Å²) in [4.78, 5) is 22.7. The van der Waals surface area contributed by atoms with Gasteiger partial charge in [-0.05, 0) is 30.5 Å². The average molecular weight is 323 g/mol. The van der Waals surface area contributed by atoms with Gasteiger partial charge in [0.2, 0.25) is 11.9 Å². The monoisotopic (exact) mass is 323 g/mol. The van der Waals surface area contributed by atoms with Gasteiger partial charge in [0.1, 0.15) is 5.82 Å². The number of hydrogen-bond acceptors (Lipinski definition) is 5. The highest BCUT2D eigenvalue weighted by atomic mass is 16.1. The number of benzene rings is 1. The predicted molar refractivity (Wildman–Crippen MR) is 92.6 cm³/mol. The molecule has 0 radical (unpaired) electrons. The molecule has 2 unspecified atom stereocenters. The highest BCUT2D eigenvalue weighted by molar-refractivity contribution is 5.77. The van der Waals surface area contributed by atoms with Crippen LogP contribution in [0.25, 0.3) is 0 Å². The Balaban J connectivity index is 1.48. The Bertz CT molecular complexity index is 738. The number of fused-ring (bicyclic) bond motifs is 1. The third-order valence-corrected chi connectivity index (χ3v) is 4.79. The van der Waals surface area contributed by atoms with Crippen molar-refractivity contribution in [3.8, 4) is 0 Å². The first kappa shape index (κ1) is 14.9. The second-order valence-electron chi connectivity index (χ2n) is 6.51. The van der Waals surface area contributed by atoms with Gasteiger partial charge in [0.25, 0.3) is 0 Å². The summed E-state index contributed by atoms with van der Waals surface area (Å²) in [5.41, 5.74) is 2.71. The van der Waals surface area contributed by atoms with Crippen LogP contribution in [0.1, 0.15) is 30.9 Å². The van der Waals surface area contributed by atoms with Crippen LogP contribution in [0.2, 0.25) is 0 Å². The Kier molecular flexibility index (Phi) is 3.80. The van der Waals surface area contributed by atoms with E-state index < -0.39 is 0 Å². The number of nitrogens with zero attached hydrogens (tertiary/aromatic N) is 3. The molecule has 2 N–H and O–H groups in total. The summed E-state index contributed by atoms with van der Waals surface area (Å²) in [6.45, 7) is 3.76. The van der Waals surface area contributed by atoms with E-state index in [-0.39, 0.29) is 18.0 Å². The lowest BCUT2D eigenvalue weighted by Crippen LogP contribution is -2.49. The van der Waals surface area contributed by atoms with Crippen molar-refractivity contribution in [2.24, 2.45) is 0 Å². The molecule has 1 aromatic carbocycles. The quantitative estimate of drug-likeness (QED) is 0.905. The summed E-state index contributed by atoms with van der Waals surface area (Å²) in [6, 6.07) is 10.7. The number of nitrogens with one attached hydrogen (secondary N) is 2. The molecule has 0 aliphatic carbocycles. The molecule has 4 rings (SSSR count). The Hall–Kier alpha value is -2.63. The molecule has 0 saturated carbocycles. The Morgan fingerprint density at radius 2 is 1.96 bits per heavy atom. The summed E-state index contributed by atoms with van der Waals surface area (Å²) in [5, 5.41) is 6.34. The average Bonchev–Trinajstić information content (AvgIpc) is 3.02. The molecule has 2 atom stereocenters. The highest BCUT2D eigenvalue weighted by Gasteiger charge is 2.26. The van der Waals surface area contributed by atoms with Crippen LogP contribution in [0.15, 0.2) is 36.5 Å². The molecule has 3 heterocycles. The van der Waals surface area contributed by atoms with Gasteiger partial charge in [-0.2, -0.15) is 4.98 Å². The molecule has 2 aliphatic rings. The van der Waals surface area contributed by atoms with E-state index in [1.54, 1.807) is 6.20 Å². The second kappa shape index (κ2) is 6.11. The first-order valence-corrected chi connectivity index (χ1v) is 8.40. The minimum Gasteiger partial charge on any atom is -0.352 e. The van der Waals surface area contributed by atoms with Crippen LogP contribution in [0.5, 0.6) is 0 Å². The van der Waals surface area contributed by atoms with Crippen molar-refractivity contribution in [1.82, 2.24) is 15.3 Å². The molecule has 1 fully saturated rings. The highest BCUT2D eigenvalue weighted by Crippen LogP contribution is 2.27. The van der Waals surface area contributed by atoms with E-state index >= 15 is 0 Å². The fourth-order valence-electron chi connectivity index (χ4n) is 3.42. The molecule has 1 amide bonds. The van der Waals surface area contributed by atoms with Gasteiger partial charge < -0.3 is 15.5 Å². The van der Waals surface area contributed by atoms with Gasteiger partial charge in [0.05, 0.1) is 0 Å². The number of anilines is 2. The number of aromatic nitrogens is 2. The van der Waals surface area contributed by atoms with Gasteiger partial charge in [-0.25, -0.2) is 4.98 Å². The van der Waals surface area contributed by atoms with Crippen molar-refractivity contribution in [2.75, 3.05) is 10.2 Å². The van der Waals surface area contributed by atoms with Crippen molar-refractivity contribution in [3.05, 3.63) is 47.7 Å². The number of carbonyl (C=O) groups is 1. The zero-order valence-corrected chi connectivity index (χ0v) is 13.7. The van der Waals surface area contributed by atoms with Crippen LogP contribution in [0.3, 0.4) is 0 Å². The Morgan fingerprint density at radius 3 is 2.67 bits per heavy atom. The van der Waals surface area contributed by atoms with E-state index in [1.807, 2.05) is 13.0 Å². The van der Waals surface area contributed by atoms with Gasteiger partial charge in [0.15, 0.2) is 0 Å². The Morgan fingerprint density at radius 1 is 1.21 bits per heavy atom. The van der Waals surface area contributed by atoms with Crippen molar-refractivity contribution in [2.45, 2.75) is 44.9 Å². The van der Waals surface area contributed by atoms with Crippen LogP contribution in [0.4, 0.5) is 11.8 Å². The van der Waals surface area contributed by atoms with E-state index in [9.17, 15) is 4.79 Å². The lowest BCUT2D eigenvalue weighted by molar-refractivity contribution is -0.123. The standard InChI is InChI=1S/C18H21N5O/c1-12-15(6-7-17(24)20-12)21-18-19-9-8-16(22-18)23-10-13-4-2-3-5-14(13)11-23/h2-5,8-9,12,15H,6-7,10-11H2,1H3,(H,20,24)(H,19,21,22). The van der Waals surface area contributed by atoms with Crippen LogP contribution in [-0.2, 0) is 17.9 Å². The van der Waals surface area contributed by atoms with Gasteiger partial charge >= 0.3 is 0 Å². The third-order valence-electron chi connectivity index (χ3n) is 4.79. The smallest absolute Gasteiger partial charge is 0.224 e. The molecule has 0 spiro atoms. The summed E-state index contributed by atoms with van der Waals surface area (Å²) in [6.07, 6.45) is 3.14. The lowest BCUT2D eigenvalue weighted by Gasteiger charge is -2.30. The van der Waals surface area contributed by atoms with Gasteiger partial charge in [-0.1, -0.05) is 24.3 Å². The maximum absolute atomic E-state index is 11.4. The maximum atomic E-state index is 11.4. The molecule has 6 heteroatoms. The summed E-state index contributed by atoms with van der Waals surface area (Å²) >= 11 is 0. The topological polar surface area (TPSA) is 70.2 Å². The fourth-order valence-corrected chi connectivity index (χ4v) is 3.42. The van der Waals surface area contributed by atoms with Gasteiger partial charge in [0, 0.05) is 37.8 Å². The van der Waals surface area contributed by atoms with Gasteiger partial charge in [-0.15, -0.1) is 0 Å². The van der Waals surface area contributed by atoms with Crippen LogP contribution in [-0.4, -0.2) is 28.0 Å². The number of hydrogen-bond donors (Lipinski definition) is 2. The summed E-state index contributed by atoms with van der Waals surface area (Å²) in [7, 11) is 0. The van der Waals surface area contributed by atoms with E-state index in [0.29, 0.717) is 12.4 Å². The van der Waals surface area contributed by atoms with E-state index in [4.69, 9.17) is 0 Å². The zero-order valence-electron chi connectivity index (χ0n) is 13.7. The van der Waals surface area contributed by atoms with Crippen LogP contribution in [0, 0.1) is 0 Å². The first-order valence-electron chi connectivity index (χ1n) is 8.40. The third kappa shape index (κ3) is 2.91. The molecular formula is C18H21N5O. The molecule has 2 aromatic rings. The fraction of sp³-hybridized carbons (Fsp3) is 0.389. The second-order valence-corrected chi connectivity index (χ2v) is 6.51. The largest absolute Gasteiger partial charge is 0.352 e. The maximum Gasteiger partial charge on any atom is 0.224 e. The van der Waals surface area contributed by atoms with Crippen molar-refractivity contribution in [3.63, 3.8) is 0 Å². The van der Waals surface area contributed by atoms with E-state index in [1.165, 1.54) is 11.1 Å². The molecule has 1 saturated heterocycles. The summed E-state index contributed by atoms with van der Waals surface area (Å²) < 4.78 is 0. The number of piperidine rings is 1. The van der Waals surface area contributed by atoms with E-state index in [2.05, 4.69) is 49.8 Å². The molecule has 2 aliphatic heterocycles. The number of carbonyl (C=O) groups excluding carboxylic acids is 1. The van der Waals surface area contributed by atoms with Crippen LogP contribution >= 0.6 is 0 Å². The van der Waals surface area contributed by atoms with Crippen molar-refractivity contribution >= 4 is 17.7 Å². The summed E-state index contributed by atoms with van der Waals surface area (Å²) in [5.74, 6) is 1.66. The lowest BCUT2D eigenvalue weighted by atomic mass is 10.00. The van der Waals surface area contributed by atoms with Crippen molar-refractivity contribution in [1.29, 1.82) is 0 Å². The molecule has 0 bridgehead atoms. The SMILES string of the molecule is CC1NC(=O)CCC1Nc1nccc(N2Cc3ccccc3C2)n1. The molecule has 124 valence electrons. The Labute approximate surface area is 141 Å². The predicted octanol–water partition coefficient (Wildman–Crippen LogP) is 2.08. The minimum absolute atomic E-state index is 0.0783. The molecular weight excluding hydrogens is 302 g/mol. The zero-order chi connectivity index (χ0) is 16.5. The number of rotatable bonds is 3. The van der Waals surface area contributed by atoms with E-state index in [0.717, 1.165) is 25.3 Å². The van der Waals surface area contributed by atoms with Crippen LogP contribution < -0.4 is 15.5 Å². The normalized spacial score (nSPS) is 22.9. The van der Waals surface area contributed by atoms with Gasteiger partial charge in [-0.3, -0.25) is 4.79 Å². The first-order chi connectivity index (χ1) is 11.7. The molecule has 24 heavy (non-hydrogen) atoms. The number of amides is 1.